The zero-order valence-corrected chi connectivity index (χ0v) is 18.3. The molecule has 9 heteroatoms. The molecule has 0 N–H and O–H groups in total. The lowest BCUT2D eigenvalue weighted by atomic mass is 9.99. The molecule has 5 nitrogen and oxygen atoms in total. The largest absolute Gasteiger partial charge is 0.454 e. The van der Waals surface area contributed by atoms with E-state index in [1.807, 2.05) is 18.2 Å². The number of fused-ring (bicyclic) bond motifs is 1. The zero-order valence-electron chi connectivity index (χ0n) is 16.1. The van der Waals surface area contributed by atoms with E-state index < -0.39 is 10.7 Å². The first kappa shape index (κ1) is 21.8. The van der Waals surface area contributed by atoms with E-state index in [1.54, 1.807) is 12.1 Å². The quantitative estimate of drug-likeness (QED) is 0.289. The summed E-state index contributed by atoms with van der Waals surface area (Å²) in [7, 11) is 0. The van der Waals surface area contributed by atoms with Crippen molar-refractivity contribution in [3.05, 3.63) is 96.2 Å². The van der Waals surface area contributed by atoms with Gasteiger partial charge in [0.2, 0.25) is 0 Å². The fourth-order valence-corrected chi connectivity index (χ4v) is 4.31. The van der Waals surface area contributed by atoms with E-state index in [0.29, 0.717) is 12.3 Å². The summed E-state index contributed by atoms with van der Waals surface area (Å²) in [5, 5.41) is 11.2. The minimum Gasteiger partial charge on any atom is -0.454 e. The summed E-state index contributed by atoms with van der Waals surface area (Å²) in [5.41, 5.74) is 3.06. The second-order valence-electron chi connectivity index (χ2n) is 7.24. The number of benzene rings is 3. The number of halogens is 4. The Balaban J connectivity index is 1.48. The maximum absolute atomic E-state index is 13.4. The number of hydrogen-bond acceptors (Lipinski definition) is 4. The summed E-state index contributed by atoms with van der Waals surface area (Å²) in [5.74, 6) is 0.310. The smallest absolute Gasteiger partial charge is 0.272 e. The number of nitro benzene ring substituents is 1. The molecule has 3 aromatic rings. The van der Waals surface area contributed by atoms with Crippen LogP contribution in [0, 0.1) is 15.9 Å². The normalized spacial score (nSPS) is 13.7. The molecular formula is C22H16Cl3FN2O3. The van der Waals surface area contributed by atoms with Crippen molar-refractivity contribution in [3.8, 4) is 11.5 Å². The van der Waals surface area contributed by atoms with E-state index >= 15 is 0 Å². The lowest BCUT2D eigenvalue weighted by Gasteiger charge is -2.29. The van der Waals surface area contributed by atoms with E-state index in [2.05, 4.69) is 4.90 Å². The van der Waals surface area contributed by atoms with Crippen LogP contribution in [0.2, 0.25) is 15.1 Å². The Morgan fingerprint density at radius 1 is 1.00 bits per heavy atom. The van der Waals surface area contributed by atoms with Gasteiger partial charge in [-0.05, 0) is 47.4 Å². The summed E-state index contributed by atoms with van der Waals surface area (Å²) in [6.07, 6.45) is 0.809. The maximum atomic E-state index is 13.4. The fraction of sp³-hybridized carbons (Fsp3) is 0.182. The van der Waals surface area contributed by atoms with Crippen molar-refractivity contribution in [2.75, 3.05) is 6.54 Å². The Morgan fingerprint density at radius 3 is 2.42 bits per heavy atom. The number of non-ortho nitro benzene ring substituents is 1. The Kier molecular flexibility index (Phi) is 6.34. The highest BCUT2D eigenvalue weighted by molar-refractivity contribution is 6.37. The van der Waals surface area contributed by atoms with Gasteiger partial charge in [-0.25, -0.2) is 4.39 Å². The molecule has 0 unspecified atom stereocenters. The van der Waals surface area contributed by atoms with Gasteiger partial charge in [-0.15, -0.1) is 0 Å². The third-order valence-corrected chi connectivity index (χ3v) is 5.92. The Labute approximate surface area is 193 Å². The average molecular weight is 482 g/mol. The molecule has 0 radical (unpaired) electrons. The molecule has 0 fully saturated rings. The standard InChI is InChI=1S/C22H16Cl3FN2O3/c23-18-7-13(1-4-21(18)26)11-27-6-5-14-8-17(3-2-15(14)12-27)31-22-19(24)9-16(28(29)30)10-20(22)25/h1-4,7-10H,5-6,11-12H2. The van der Waals surface area contributed by atoms with Crippen molar-refractivity contribution in [2.45, 2.75) is 19.5 Å². The molecule has 0 atom stereocenters. The van der Waals surface area contributed by atoms with Crippen LogP contribution in [0.1, 0.15) is 16.7 Å². The molecule has 1 aliphatic rings. The van der Waals surface area contributed by atoms with Gasteiger partial charge in [0.25, 0.3) is 5.69 Å². The van der Waals surface area contributed by atoms with Crippen molar-refractivity contribution in [3.63, 3.8) is 0 Å². The highest BCUT2D eigenvalue weighted by Gasteiger charge is 2.20. The molecule has 0 spiro atoms. The van der Waals surface area contributed by atoms with E-state index in [0.717, 1.165) is 36.2 Å². The van der Waals surface area contributed by atoms with Gasteiger partial charge in [0.1, 0.15) is 11.6 Å². The molecule has 160 valence electrons. The van der Waals surface area contributed by atoms with Crippen molar-refractivity contribution >= 4 is 40.5 Å². The third kappa shape index (κ3) is 4.93. The molecule has 0 amide bonds. The van der Waals surface area contributed by atoms with Crippen molar-refractivity contribution in [1.82, 2.24) is 4.90 Å². The monoisotopic (exact) mass is 480 g/mol. The van der Waals surface area contributed by atoms with Crippen LogP contribution in [-0.4, -0.2) is 16.4 Å². The summed E-state index contributed by atoms with van der Waals surface area (Å²) in [6.45, 7) is 2.24. The molecule has 0 bridgehead atoms. The van der Waals surface area contributed by atoms with Gasteiger partial charge >= 0.3 is 0 Å². The lowest BCUT2D eigenvalue weighted by Crippen LogP contribution is -2.30. The van der Waals surface area contributed by atoms with Gasteiger partial charge in [0.15, 0.2) is 5.75 Å². The highest BCUT2D eigenvalue weighted by atomic mass is 35.5. The van der Waals surface area contributed by atoms with Gasteiger partial charge in [0.05, 0.1) is 20.0 Å². The topological polar surface area (TPSA) is 55.6 Å². The average Bonchev–Trinajstić information content (AvgIpc) is 2.73. The van der Waals surface area contributed by atoms with Crippen molar-refractivity contribution in [2.24, 2.45) is 0 Å². The molecule has 1 heterocycles. The fourth-order valence-electron chi connectivity index (χ4n) is 3.55. The summed E-state index contributed by atoms with van der Waals surface area (Å²) < 4.78 is 19.2. The van der Waals surface area contributed by atoms with Crippen molar-refractivity contribution < 1.29 is 14.1 Å². The van der Waals surface area contributed by atoms with Crippen LogP contribution in [0.15, 0.2) is 48.5 Å². The van der Waals surface area contributed by atoms with Gasteiger partial charge < -0.3 is 4.74 Å². The van der Waals surface area contributed by atoms with Crippen LogP contribution in [0.5, 0.6) is 11.5 Å². The lowest BCUT2D eigenvalue weighted by molar-refractivity contribution is -0.384. The number of hydrogen-bond donors (Lipinski definition) is 0. The molecule has 1 aliphatic heterocycles. The van der Waals surface area contributed by atoms with Gasteiger partial charge in [-0.3, -0.25) is 15.0 Å². The molecule has 0 aromatic heterocycles. The van der Waals surface area contributed by atoms with Crippen LogP contribution in [0.25, 0.3) is 0 Å². The zero-order chi connectivity index (χ0) is 22.1. The van der Waals surface area contributed by atoms with Gasteiger partial charge in [0, 0.05) is 31.8 Å². The first-order valence-corrected chi connectivity index (χ1v) is 10.5. The van der Waals surface area contributed by atoms with E-state index in [1.165, 1.54) is 18.2 Å². The van der Waals surface area contributed by atoms with Crippen LogP contribution >= 0.6 is 34.8 Å². The number of nitrogens with zero attached hydrogens (tertiary/aromatic N) is 2. The highest BCUT2D eigenvalue weighted by Crippen LogP contribution is 2.40. The number of ether oxygens (including phenoxy) is 1. The second kappa shape index (κ2) is 9.01. The van der Waals surface area contributed by atoms with Crippen LogP contribution < -0.4 is 4.74 Å². The minimum atomic E-state index is -0.563. The summed E-state index contributed by atoms with van der Waals surface area (Å²) in [6, 6.07) is 12.9. The predicted molar refractivity (Wildman–Crippen MR) is 119 cm³/mol. The first-order valence-electron chi connectivity index (χ1n) is 9.39. The molecule has 4 rings (SSSR count). The molecule has 0 saturated heterocycles. The van der Waals surface area contributed by atoms with Gasteiger partial charge in [-0.2, -0.15) is 0 Å². The maximum Gasteiger partial charge on any atom is 0.272 e. The molecule has 31 heavy (non-hydrogen) atoms. The summed E-state index contributed by atoms with van der Waals surface area (Å²) in [4.78, 5) is 12.6. The minimum absolute atomic E-state index is 0.0704. The predicted octanol–water partition coefficient (Wildman–Crippen LogP) is 7.04. The molecular weight excluding hydrogens is 466 g/mol. The molecule has 0 aliphatic carbocycles. The van der Waals surface area contributed by atoms with E-state index in [-0.39, 0.29) is 26.5 Å². The molecule has 3 aromatic carbocycles. The Morgan fingerprint density at radius 2 is 1.74 bits per heavy atom. The molecule has 0 saturated carbocycles. The Hall–Kier alpha value is -2.38. The third-order valence-electron chi connectivity index (χ3n) is 5.07. The Bertz CT molecular complexity index is 1150. The van der Waals surface area contributed by atoms with Gasteiger partial charge in [-0.1, -0.05) is 46.9 Å². The van der Waals surface area contributed by atoms with E-state index in [9.17, 15) is 14.5 Å². The van der Waals surface area contributed by atoms with E-state index in [4.69, 9.17) is 39.5 Å². The van der Waals surface area contributed by atoms with Crippen LogP contribution in [0.3, 0.4) is 0 Å². The second-order valence-corrected chi connectivity index (χ2v) is 8.46. The summed E-state index contributed by atoms with van der Waals surface area (Å²) >= 11 is 18.2. The first-order chi connectivity index (χ1) is 14.8. The van der Waals surface area contributed by atoms with Crippen molar-refractivity contribution in [1.29, 1.82) is 0 Å². The van der Waals surface area contributed by atoms with Crippen LogP contribution in [0.4, 0.5) is 10.1 Å². The number of rotatable bonds is 5. The SMILES string of the molecule is O=[N+]([O-])c1cc(Cl)c(Oc2ccc3c(c2)CCN(Cc2ccc(F)c(Cl)c2)C3)c(Cl)c1. The number of nitro groups is 1. The van der Waals surface area contributed by atoms with Crippen LogP contribution in [-0.2, 0) is 19.5 Å².